The van der Waals surface area contributed by atoms with Gasteiger partial charge >= 0.3 is 12.5 Å². The number of rotatable bonds is 5. The first-order valence-corrected chi connectivity index (χ1v) is 18.0. The summed E-state index contributed by atoms with van der Waals surface area (Å²) in [6.45, 7) is -2.54. The van der Waals surface area contributed by atoms with Gasteiger partial charge in [0.25, 0.3) is 0 Å². The van der Waals surface area contributed by atoms with Gasteiger partial charge in [0.15, 0.2) is 0 Å². The average Bonchev–Trinajstić information content (AvgIpc) is 2.63. The van der Waals surface area contributed by atoms with Gasteiger partial charge in [-0.3, -0.25) is 0 Å². The predicted octanol–water partition coefficient (Wildman–Crippen LogP) is 4.29. The summed E-state index contributed by atoms with van der Waals surface area (Å²) in [4.78, 5) is 0. The zero-order valence-corrected chi connectivity index (χ0v) is 19.5. The summed E-state index contributed by atoms with van der Waals surface area (Å²) in [5, 5.41) is 3.51. The minimum Gasteiger partial charge on any atom is -0.421 e. The van der Waals surface area contributed by atoms with E-state index in [4.69, 9.17) is 4.12 Å². The normalized spacial score (nSPS) is 12.1. The second kappa shape index (κ2) is 7.80. The molecule has 0 aliphatic rings. The van der Waals surface area contributed by atoms with Crippen molar-refractivity contribution in [3.05, 3.63) is 91.0 Å². The Balaban J connectivity index is 2.06. The highest BCUT2D eigenvalue weighted by Crippen LogP contribution is 2.29. The van der Waals surface area contributed by atoms with Crippen LogP contribution in [0.3, 0.4) is 0 Å². The fraction of sp³-hybridized carbons (Fsp3) is 0. The molecule has 0 atom stereocenters. The summed E-state index contributed by atoms with van der Waals surface area (Å²) in [7, 11) is 0. The summed E-state index contributed by atoms with van der Waals surface area (Å²) in [5.41, 5.74) is -2.44. The molecular formula is C18H15Br3OSi2. The molecule has 0 N–H and O–H groups in total. The van der Waals surface area contributed by atoms with Crippen molar-refractivity contribution in [2.75, 3.05) is 0 Å². The molecule has 0 heterocycles. The molecule has 3 aromatic rings. The Morgan fingerprint density at radius 3 is 1.21 bits per heavy atom. The van der Waals surface area contributed by atoms with E-state index < -0.39 is 12.5 Å². The maximum atomic E-state index is 6.81. The number of hydrogen-bond donors (Lipinski definition) is 0. The van der Waals surface area contributed by atoms with Gasteiger partial charge in [-0.2, -0.15) is 0 Å². The molecule has 0 aliphatic carbocycles. The first-order valence-electron chi connectivity index (χ1n) is 7.46. The molecule has 0 amide bonds. The number of halogens is 3. The molecule has 0 spiro atoms. The summed E-state index contributed by atoms with van der Waals surface area (Å²) >= 11 is 11.7. The first-order chi connectivity index (χ1) is 11.5. The summed E-state index contributed by atoms with van der Waals surface area (Å²) in [6, 6.07) is 31.1. The van der Waals surface area contributed by atoms with Gasteiger partial charge in [0.1, 0.15) is 0 Å². The van der Waals surface area contributed by atoms with Gasteiger partial charge in [-0.05, 0) is 15.6 Å². The summed E-state index contributed by atoms with van der Waals surface area (Å²) in [6.07, 6.45) is 0. The number of benzene rings is 3. The molecule has 0 radical (unpaired) electrons. The van der Waals surface area contributed by atoms with Crippen LogP contribution in [0.4, 0.5) is 0 Å². The highest BCUT2D eigenvalue weighted by Gasteiger charge is 2.46. The van der Waals surface area contributed by atoms with Gasteiger partial charge in [0.2, 0.25) is 0 Å². The summed E-state index contributed by atoms with van der Waals surface area (Å²) in [5.74, 6) is 0. The Bertz CT molecular complexity index is 744. The largest absolute Gasteiger partial charge is 0.421 e. The van der Waals surface area contributed by atoms with Crippen LogP contribution in [0.15, 0.2) is 91.0 Å². The molecule has 0 saturated carbocycles. The van der Waals surface area contributed by atoms with Gasteiger partial charge < -0.3 is 4.12 Å². The fourth-order valence-electron chi connectivity index (χ4n) is 2.46. The van der Waals surface area contributed by atoms with E-state index in [1.54, 1.807) is 0 Å². The molecule has 0 aromatic heterocycles. The topological polar surface area (TPSA) is 9.23 Å². The van der Waals surface area contributed by atoms with E-state index in [0.29, 0.717) is 0 Å². The maximum Gasteiger partial charge on any atom is 0.360 e. The van der Waals surface area contributed by atoms with Crippen LogP contribution in [0.5, 0.6) is 0 Å². The van der Waals surface area contributed by atoms with E-state index in [2.05, 4.69) is 107 Å². The van der Waals surface area contributed by atoms with Gasteiger partial charge in [-0.15, -0.1) is 0 Å². The molecule has 3 rings (SSSR count). The second-order valence-corrected chi connectivity index (χ2v) is 23.3. The lowest BCUT2D eigenvalue weighted by atomic mass is 10.4. The smallest absolute Gasteiger partial charge is 0.360 e. The SMILES string of the molecule is Br[Si](Br)(O[Si](Br)(c1ccccc1)c1ccccc1)c1ccccc1. The van der Waals surface area contributed by atoms with Crippen LogP contribution in [0.2, 0.25) is 0 Å². The van der Waals surface area contributed by atoms with Crippen LogP contribution in [0.1, 0.15) is 0 Å². The Morgan fingerprint density at radius 2 is 0.833 bits per heavy atom. The molecule has 0 unspecified atom stereocenters. The van der Waals surface area contributed by atoms with Crippen LogP contribution in [-0.2, 0) is 4.12 Å². The van der Waals surface area contributed by atoms with Gasteiger partial charge in [-0.1, -0.05) is 137 Å². The van der Waals surface area contributed by atoms with Gasteiger partial charge in [0.05, 0.1) is 0 Å². The minimum absolute atomic E-state index is 1.15. The number of hydrogen-bond acceptors (Lipinski definition) is 1. The van der Waals surface area contributed by atoms with Gasteiger partial charge in [0, 0.05) is 0 Å². The van der Waals surface area contributed by atoms with Crippen molar-refractivity contribution in [2.24, 2.45) is 0 Å². The fourth-order valence-corrected chi connectivity index (χ4v) is 21.1. The van der Waals surface area contributed by atoms with E-state index >= 15 is 0 Å². The van der Waals surface area contributed by atoms with Crippen molar-refractivity contribution in [1.82, 2.24) is 0 Å². The molecule has 122 valence electrons. The van der Waals surface area contributed by atoms with Crippen molar-refractivity contribution in [1.29, 1.82) is 0 Å². The highest BCUT2D eigenvalue weighted by molar-refractivity contribution is 9.51. The molecule has 0 saturated heterocycles. The van der Waals surface area contributed by atoms with E-state index in [1.165, 1.54) is 10.4 Å². The Hall–Kier alpha value is -0.506. The Labute approximate surface area is 168 Å². The molecule has 24 heavy (non-hydrogen) atoms. The van der Waals surface area contributed by atoms with E-state index in [9.17, 15) is 0 Å². The molecule has 0 aliphatic heterocycles. The van der Waals surface area contributed by atoms with Gasteiger partial charge in [-0.25, -0.2) is 0 Å². The average molecular weight is 543 g/mol. The van der Waals surface area contributed by atoms with Crippen LogP contribution in [-0.4, -0.2) is 12.5 Å². The van der Waals surface area contributed by atoms with Crippen molar-refractivity contribution in [2.45, 2.75) is 0 Å². The van der Waals surface area contributed by atoms with Crippen LogP contribution in [0.25, 0.3) is 0 Å². The predicted molar refractivity (Wildman–Crippen MR) is 118 cm³/mol. The van der Waals surface area contributed by atoms with Crippen molar-refractivity contribution >= 4 is 73.9 Å². The third-order valence-electron chi connectivity index (χ3n) is 3.67. The van der Waals surface area contributed by atoms with Crippen LogP contribution >= 0.6 is 45.9 Å². The third-order valence-corrected chi connectivity index (χ3v) is 18.8. The zero-order chi connectivity index (χ0) is 17.0. The lowest BCUT2D eigenvalue weighted by molar-refractivity contribution is 0.632. The monoisotopic (exact) mass is 540 g/mol. The Morgan fingerprint density at radius 1 is 0.500 bits per heavy atom. The molecular weight excluding hydrogens is 528 g/mol. The lowest BCUT2D eigenvalue weighted by Gasteiger charge is -2.33. The standard InChI is InChI=1S/C18H15Br3OSi2/c19-23(16-10-4-1-5-11-16,17-12-6-2-7-13-17)22-24(20,21)18-14-8-3-9-15-18/h1-15H. The first kappa shape index (κ1) is 18.3. The molecule has 1 nitrogen and oxygen atoms in total. The summed E-state index contributed by atoms with van der Waals surface area (Å²) < 4.78 is 6.81. The molecule has 0 bridgehead atoms. The highest BCUT2D eigenvalue weighted by atomic mass is 79.9. The maximum absolute atomic E-state index is 6.81. The zero-order valence-electron chi connectivity index (χ0n) is 12.7. The van der Waals surface area contributed by atoms with E-state index in [-0.39, 0.29) is 0 Å². The molecule has 3 aromatic carbocycles. The minimum atomic E-state index is -2.54. The van der Waals surface area contributed by atoms with Crippen molar-refractivity contribution in [3.8, 4) is 0 Å². The van der Waals surface area contributed by atoms with Crippen LogP contribution < -0.4 is 15.6 Å². The second-order valence-electron chi connectivity index (χ2n) is 5.31. The van der Waals surface area contributed by atoms with Crippen molar-refractivity contribution in [3.63, 3.8) is 0 Å². The van der Waals surface area contributed by atoms with E-state index in [0.717, 1.165) is 5.19 Å². The quantitative estimate of drug-likeness (QED) is 0.345. The Kier molecular flexibility index (Phi) is 5.95. The van der Waals surface area contributed by atoms with Crippen LogP contribution in [0, 0.1) is 0 Å². The van der Waals surface area contributed by atoms with Crippen molar-refractivity contribution < 1.29 is 4.12 Å². The van der Waals surface area contributed by atoms with E-state index in [1.807, 2.05) is 30.3 Å². The third kappa shape index (κ3) is 4.00. The lowest BCUT2D eigenvalue weighted by Crippen LogP contribution is -2.61. The molecule has 6 heteroatoms. The molecule has 0 fully saturated rings.